The average Bonchev–Trinajstić information content (AvgIpc) is 2.64. The van der Waals surface area contributed by atoms with Gasteiger partial charge in [-0.1, -0.05) is 23.8 Å². The van der Waals surface area contributed by atoms with Crippen molar-refractivity contribution in [3.05, 3.63) is 83.7 Å². The van der Waals surface area contributed by atoms with Gasteiger partial charge in [-0.15, -0.1) is 12.4 Å². The molecule has 146 valence electrons. The molecule has 6 nitrogen and oxygen atoms in total. The number of hydrogen-bond acceptors (Lipinski definition) is 4. The van der Waals surface area contributed by atoms with Gasteiger partial charge in [0.1, 0.15) is 0 Å². The number of hydrogen-bond donors (Lipinski definition) is 2. The first kappa shape index (κ1) is 21.4. The summed E-state index contributed by atoms with van der Waals surface area (Å²) < 4.78 is 28.1. The van der Waals surface area contributed by atoms with Crippen molar-refractivity contribution < 1.29 is 13.2 Å². The summed E-state index contributed by atoms with van der Waals surface area (Å²) in [4.78, 5) is 16.4. The molecule has 1 aromatic heterocycles. The third-order valence-electron chi connectivity index (χ3n) is 3.96. The fourth-order valence-electron chi connectivity index (χ4n) is 2.50. The maximum Gasteiger partial charge on any atom is 0.262 e. The van der Waals surface area contributed by atoms with E-state index in [0.717, 1.165) is 5.56 Å². The zero-order valence-corrected chi connectivity index (χ0v) is 17.0. The molecule has 3 aromatic rings. The summed E-state index contributed by atoms with van der Waals surface area (Å²) in [6.07, 6.45) is 3.12. The van der Waals surface area contributed by atoms with Gasteiger partial charge < -0.3 is 5.32 Å². The second kappa shape index (κ2) is 8.86. The molecular weight excluding hydrogens is 398 g/mol. The number of nitrogens with zero attached hydrogens (tertiary/aromatic N) is 1. The molecule has 0 aliphatic carbocycles. The fourth-order valence-corrected chi connectivity index (χ4v) is 3.83. The molecule has 0 fully saturated rings. The van der Waals surface area contributed by atoms with E-state index in [-0.39, 0.29) is 22.9 Å². The van der Waals surface area contributed by atoms with E-state index >= 15 is 0 Å². The van der Waals surface area contributed by atoms with E-state index in [1.54, 1.807) is 49.5 Å². The number of carbonyl (C=O) groups is 1. The van der Waals surface area contributed by atoms with Crippen LogP contribution in [0.25, 0.3) is 0 Å². The first-order chi connectivity index (χ1) is 12.8. The van der Waals surface area contributed by atoms with Gasteiger partial charge in [0.25, 0.3) is 15.9 Å². The van der Waals surface area contributed by atoms with Crippen LogP contribution in [0.1, 0.15) is 21.5 Å². The Morgan fingerprint density at radius 1 is 0.964 bits per heavy atom. The van der Waals surface area contributed by atoms with Crippen molar-refractivity contribution in [3.63, 3.8) is 0 Å². The molecule has 0 saturated heterocycles. The lowest BCUT2D eigenvalue weighted by Crippen LogP contribution is -2.17. The lowest BCUT2D eigenvalue weighted by atomic mass is 10.1. The maximum absolute atomic E-state index is 12.8. The molecule has 0 aliphatic heterocycles. The summed E-state index contributed by atoms with van der Waals surface area (Å²) in [6.45, 7) is 3.61. The van der Waals surface area contributed by atoms with Crippen LogP contribution in [0.15, 0.2) is 71.9 Å². The topological polar surface area (TPSA) is 88.2 Å². The maximum atomic E-state index is 12.8. The highest BCUT2D eigenvalue weighted by atomic mass is 35.5. The lowest BCUT2D eigenvalue weighted by Gasteiger charge is -2.12. The number of nitrogens with one attached hydrogen (secondary N) is 2. The Kier molecular flexibility index (Phi) is 6.77. The molecule has 1 heterocycles. The van der Waals surface area contributed by atoms with Crippen molar-refractivity contribution in [2.24, 2.45) is 0 Å². The number of pyridine rings is 1. The minimum atomic E-state index is -3.83. The Hall–Kier alpha value is -2.90. The van der Waals surface area contributed by atoms with E-state index in [1.165, 1.54) is 12.3 Å². The third-order valence-corrected chi connectivity index (χ3v) is 5.49. The van der Waals surface area contributed by atoms with Gasteiger partial charge in [0.2, 0.25) is 0 Å². The van der Waals surface area contributed by atoms with Gasteiger partial charge in [0, 0.05) is 17.4 Å². The van der Waals surface area contributed by atoms with Crippen LogP contribution in [0.2, 0.25) is 0 Å². The van der Waals surface area contributed by atoms with E-state index in [4.69, 9.17) is 0 Å². The number of anilines is 2. The summed E-state index contributed by atoms with van der Waals surface area (Å²) in [6, 6.07) is 15.0. The highest BCUT2D eigenvalue weighted by molar-refractivity contribution is 7.92. The molecular formula is C20H20ClN3O3S. The normalized spacial score (nSPS) is 10.6. The van der Waals surface area contributed by atoms with Gasteiger partial charge in [-0.25, -0.2) is 8.42 Å². The van der Waals surface area contributed by atoms with E-state index in [0.29, 0.717) is 16.9 Å². The molecule has 0 radical (unpaired) electrons. The number of sulfonamides is 1. The van der Waals surface area contributed by atoms with Crippen LogP contribution in [-0.2, 0) is 10.0 Å². The fraction of sp³-hybridized carbons (Fsp3) is 0.100. The second-order valence-corrected chi connectivity index (χ2v) is 7.80. The summed E-state index contributed by atoms with van der Waals surface area (Å²) in [5.74, 6) is -0.408. The summed E-state index contributed by atoms with van der Waals surface area (Å²) >= 11 is 0. The number of benzene rings is 2. The van der Waals surface area contributed by atoms with Crippen molar-refractivity contribution in [2.45, 2.75) is 18.7 Å². The van der Waals surface area contributed by atoms with Crippen LogP contribution in [0.4, 0.5) is 11.4 Å². The summed E-state index contributed by atoms with van der Waals surface area (Å²) in [7, 11) is -3.83. The molecule has 0 spiro atoms. The average molecular weight is 418 g/mol. The molecule has 2 N–H and O–H groups in total. The Labute approximate surface area is 170 Å². The molecule has 0 aliphatic rings. The summed E-state index contributed by atoms with van der Waals surface area (Å²) in [5.41, 5.74) is 2.82. The second-order valence-electron chi connectivity index (χ2n) is 6.15. The van der Waals surface area contributed by atoms with Crippen LogP contribution in [0, 0.1) is 13.8 Å². The smallest absolute Gasteiger partial charge is 0.262 e. The van der Waals surface area contributed by atoms with Crippen molar-refractivity contribution >= 4 is 39.7 Å². The monoisotopic (exact) mass is 417 g/mol. The van der Waals surface area contributed by atoms with E-state index < -0.39 is 15.9 Å². The quantitative estimate of drug-likeness (QED) is 0.652. The van der Waals surface area contributed by atoms with Crippen molar-refractivity contribution in [3.8, 4) is 0 Å². The molecule has 1 amide bonds. The largest absolute Gasteiger partial charge is 0.321 e. The number of aryl methyl sites for hydroxylation is 2. The van der Waals surface area contributed by atoms with Gasteiger partial charge >= 0.3 is 0 Å². The van der Waals surface area contributed by atoms with Crippen molar-refractivity contribution in [1.29, 1.82) is 0 Å². The van der Waals surface area contributed by atoms with Crippen LogP contribution in [0.3, 0.4) is 0 Å². The lowest BCUT2D eigenvalue weighted by molar-refractivity contribution is 0.102. The minimum absolute atomic E-state index is 0. The molecule has 28 heavy (non-hydrogen) atoms. The molecule has 0 saturated carbocycles. The highest BCUT2D eigenvalue weighted by Gasteiger charge is 2.19. The Morgan fingerprint density at radius 2 is 1.68 bits per heavy atom. The number of carbonyl (C=O) groups excluding carboxylic acids is 1. The number of rotatable bonds is 5. The van der Waals surface area contributed by atoms with Crippen molar-refractivity contribution in [2.75, 3.05) is 10.0 Å². The first-order valence-electron chi connectivity index (χ1n) is 8.27. The van der Waals surface area contributed by atoms with E-state index in [9.17, 15) is 13.2 Å². The molecule has 2 aromatic carbocycles. The van der Waals surface area contributed by atoms with E-state index in [1.807, 2.05) is 19.1 Å². The standard InChI is InChI=1S/C20H19N3O3S.ClH/c1-14-5-9-17(10-6-14)23-27(25,26)19-12-16(8-7-15(19)2)20(24)22-18-4-3-11-21-13-18;/h3-13,23H,1-2H3,(H,22,24);1H. The molecule has 0 unspecified atom stereocenters. The van der Waals surface area contributed by atoms with Crippen LogP contribution >= 0.6 is 12.4 Å². The van der Waals surface area contributed by atoms with Crippen molar-refractivity contribution in [1.82, 2.24) is 4.98 Å². The number of aromatic nitrogens is 1. The number of halogens is 1. The third kappa shape index (κ3) is 5.09. The van der Waals surface area contributed by atoms with Crippen LogP contribution < -0.4 is 10.0 Å². The van der Waals surface area contributed by atoms with Gasteiger partial charge in [-0.05, 0) is 55.8 Å². The van der Waals surface area contributed by atoms with Gasteiger partial charge in [-0.2, -0.15) is 0 Å². The zero-order chi connectivity index (χ0) is 19.4. The SMILES string of the molecule is Cc1ccc(NS(=O)(=O)c2cc(C(=O)Nc3cccnc3)ccc2C)cc1.Cl. The minimum Gasteiger partial charge on any atom is -0.321 e. The van der Waals surface area contributed by atoms with E-state index in [2.05, 4.69) is 15.0 Å². The molecule has 0 atom stereocenters. The van der Waals surface area contributed by atoms with Gasteiger partial charge in [0.15, 0.2) is 0 Å². The highest BCUT2D eigenvalue weighted by Crippen LogP contribution is 2.21. The predicted molar refractivity (Wildman–Crippen MR) is 113 cm³/mol. The molecule has 3 rings (SSSR count). The molecule has 8 heteroatoms. The Bertz CT molecular complexity index is 1070. The van der Waals surface area contributed by atoms with Gasteiger partial charge in [-0.3, -0.25) is 14.5 Å². The molecule has 0 bridgehead atoms. The van der Waals surface area contributed by atoms with Gasteiger partial charge in [0.05, 0.1) is 16.8 Å². The van der Waals surface area contributed by atoms with Crippen LogP contribution in [0.5, 0.6) is 0 Å². The van der Waals surface area contributed by atoms with Crippen LogP contribution in [-0.4, -0.2) is 19.3 Å². The zero-order valence-electron chi connectivity index (χ0n) is 15.3. The first-order valence-corrected chi connectivity index (χ1v) is 9.75. The Balaban J connectivity index is 0.00000280. The summed E-state index contributed by atoms with van der Waals surface area (Å²) in [5, 5.41) is 2.70. The Morgan fingerprint density at radius 3 is 2.32 bits per heavy atom. The number of amides is 1. The predicted octanol–water partition coefficient (Wildman–Crippen LogP) is 4.17.